The summed E-state index contributed by atoms with van der Waals surface area (Å²) in [5, 5.41) is 17.6. The lowest BCUT2D eigenvalue weighted by Gasteiger charge is -2.16. The van der Waals surface area contributed by atoms with Gasteiger partial charge in [-0.2, -0.15) is 0 Å². The highest BCUT2D eigenvalue weighted by atomic mass is 31.2. The molecular formula is C18H31N2O12P. The summed E-state index contributed by atoms with van der Waals surface area (Å²) in [6, 6.07) is 0. The maximum Gasteiger partial charge on any atom is 0.506 e. The van der Waals surface area contributed by atoms with Gasteiger partial charge in [-0.25, -0.2) is 14.2 Å². The first kappa shape index (κ1) is 30.7. The molecule has 0 aliphatic carbocycles. The van der Waals surface area contributed by atoms with Crippen LogP contribution in [-0.2, 0) is 23.3 Å². The van der Waals surface area contributed by atoms with Crippen molar-refractivity contribution in [3.8, 4) is 0 Å². The number of hydrogen-bond donors (Lipinski definition) is 5. The van der Waals surface area contributed by atoms with Crippen LogP contribution in [0.5, 0.6) is 0 Å². The quantitative estimate of drug-likeness (QED) is 0.189. The molecule has 5 N–H and O–H groups in total. The van der Waals surface area contributed by atoms with Gasteiger partial charge >= 0.3 is 19.7 Å². The van der Waals surface area contributed by atoms with Crippen molar-refractivity contribution in [3.63, 3.8) is 0 Å². The summed E-state index contributed by atoms with van der Waals surface area (Å²) >= 11 is 0. The van der Waals surface area contributed by atoms with Gasteiger partial charge in [0, 0.05) is 31.4 Å². The van der Waals surface area contributed by atoms with Crippen molar-refractivity contribution in [1.29, 1.82) is 0 Å². The van der Waals surface area contributed by atoms with Crippen molar-refractivity contribution in [2.45, 2.75) is 45.6 Å². The highest BCUT2D eigenvalue weighted by Crippen LogP contribution is 2.38. The lowest BCUT2D eigenvalue weighted by molar-refractivity contribution is -0.0451. The number of carboxylic acid groups (broad SMARTS) is 1. The number of nitrogens with one attached hydrogen (secondary N) is 1. The minimum absolute atomic E-state index is 0.0283. The van der Waals surface area contributed by atoms with Crippen LogP contribution in [0.4, 0.5) is 4.79 Å². The van der Waals surface area contributed by atoms with Crippen LogP contribution >= 0.6 is 7.82 Å². The van der Waals surface area contributed by atoms with Crippen LogP contribution in [0.15, 0.2) is 28.4 Å². The molecule has 1 saturated heterocycles. The Hall–Kier alpha value is -2.32. The van der Waals surface area contributed by atoms with Crippen LogP contribution in [-0.4, -0.2) is 74.3 Å². The summed E-state index contributed by atoms with van der Waals surface area (Å²) < 4.78 is 30.2. The fourth-order valence-corrected chi connectivity index (χ4v) is 2.68. The number of phosphoric acid groups is 1. The maximum absolute atomic E-state index is 11.7. The van der Waals surface area contributed by atoms with Crippen LogP contribution in [0.3, 0.4) is 0 Å². The molecular weight excluding hydrogens is 467 g/mol. The predicted octanol–water partition coefficient (Wildman–Crippen LogP) is 0.513. The first-order valence-corrected chi connectivity index (χ1v) is 11.3. The van der Waals surface area contributed by atoms with Crippen molar-refractivity contribution in [2.75, 3.05) is 26.4 Å². The Balaban J connectivity index is 0.000000706. The number of aliphatic hydroxyl groups excluding tert-OH is 1. The van der Waals surface area contributed by atoms with Crippen molar-refractivity contribution in [1.82, 2.24) is 9.55 Å². The first-order chi connectivity index (χ1) is 15.4. The van der Waals surface area contributed by atoms with Gasteiger partial charge in [-0.15, -0.1) is 0 Å². The van der Waals surface area contributed by atoms with E-state index in [-0.39, 0.29) is 13.0 Å². The Kier molecular flexibility index (Phi) is 14.4. The average Bonchev–Trinajstić information content (AvgIpc) is 3.09. The molecule has 0 saturated carbocycles. The van der Waals surface area contributed by atoms with E-state index in [4.69, 9.17) is 24.4 Å². The molecule has 1 fully saturated rings. The van der Waals surface area contributed by atoms with Gasteiger partial charge in [-0.05, 0) is 20.8 Å². The standard InChI is InChI=1S/C10H15N2O8P.C4H6O3.C4H10O/c1-5-3-12(10(15)11-9(5)14)8-2-6(13)7(20-8)4-19-21(16,17)18;1-2-3-7-4(5)6;1-3-5-4-2/h3,6-8,13H,2,4H2,1H3,(H,11,14,15)(H2,16,17,18);2H,1,3H2,(H,5,6);3-4H2,1-2H3/t6-,7+,8+;;/m0../s1. The minimum atomic E-state index is -4.67. The third-order valence-corrected chi connectivity index (χ3v) is 4.29. The zero-order chi connectivity index (χ0) is 25.6. The van der Waals surface area contributed by atoms with Crippen LogP contribution in [0.25, 0.3) is 0 Å². The third kappa shape index (κ3) is 13.1. The van der Waals surface area contributed by atoms with E-state index in [1.54, 1.807) is 0 Å². The van der Waals surface area contributed by atoms with Gasteiger partial charge < -0.3 is 34.2 Å². The second kappa shape index (κ2) is 15.5. The summed E-state index contributed by atoms with van der Waals surface area (Å²) in [5.41, 5.74) is -0.918. The number of aromatic nitrogens is 2. The number of nitrogens with zero attached hydrogens (tertiary/aromatic N) is 1. The van der Waals surface area contributed by atoms with Crippen molar-refractivity contribution in [3.05, 3.63) is 45.3 Å². The van der Waals surface area contributed by atoms with E-state index in [1.807, 2.05) is 13.8 Å². The summed E-state index contributed by atoms with van der Waals surface area (Å²) in [6.45, 7) is 9.97. The van der Waals surface area contributed by atoms with Crippen molar-refractivity contribution < 1.29 is 48.1 Å². The van der Waals surface area contributed by atoms with Gasteiger partial charge in [-0.1, -0.05) is 12.7 Å². The number of hydrogen-bond acceptors (Lipinski definition) is 9. The molecule has 0 amide bonds. The highest BCUT2D eigenvalue weighted by Gasteiger charge is 2.37. The Morgan fingerprint density at radius 2 is 1.97 bits per heavy atom. The number of phosphoric ester groups is 1. The lowest BCUT2D eigenvalue weighted by Crippen LogP contribution is -2.33. The molecule has 2 rings (SSSR count). The van der Waals surface area contributed by atoms with E-state index < -0.39 is 50.3 Å². The predicted molar refractivity (Wildman–Crippen MR) is 115 cm³/mol. The summed E-state index contributed by atoms with van der Waals surface area (Å²) in [6.07, 6.45) is -1.46. The number of aryl methyl sites for hydroxylation is 1. The van der Waals surface area contributed by atoms with E-state index in [0.717, 1.165) is 17.8 Å². The fourth-order valence-electron chi connectivity index (χ4n) is 2.34. The Labute approximate surface area is 189 Å². The van der Waals surface area contributed by atoms with Crippen molar-refractivity contribution >= 4 is 14.0 Å². The molecule has 1 aliphatic rings. The zero-order valence-corrected chi connectivity index (χ0v) is 19.5. The van der Waals surface area contributed by atoms with E-state index >= 15 is 0 Å². The smallest absolute Gasteiger partial charge is 0.450 e. The zero-order valence-electron chi connectivity index (χ0n) is 18.6. The molecule has 0 unspecified atom stereocenters. The largest absolute Gasteiger partial charge is 0.506 e. The SMILES string of the molecule is C=CCOC(=O)O.CCOCC.Cc1cn([C@H]2C[C@H](O)[C@@H](COP(=O)(O)O)O2)c(=O)[nH]c1=O. The Morgan fingerprint density at radius 3 is 2.39 bits per heavy atom. The molecule has 14 nitrogen and oxygen atoms in total. The fraction of sp³-hybridized carbons (Fsp3) is 0.611. The monoisotopic (exact) mass is 498 g/mol. The molecule has 1 aliphatic heterocycles. The molecule has 1 aromatic rings. The van der Waals surface area contributed by atoms with Gasteiger partial charge in [0.05, 0.1) is 12.7 Å². The Morgan fingerprint density at radius 1 is 1.36 bits per heavy atom. The number of rotatable bonds is 8. The van der Waals surface area contributed by atoms with Gasteiger partial charge in [0.25, 0.3) is 5.56 Å². The number of H-pyrrole nitrogens is 1. The van der Waals surface area contributed by atoms with E-state index in [2.05, 4.69) is 20.8 Å². The van der Waals surface area contributed by atoms with Crippen molar-refractivity contribution in [2.24, 2.45) is 0 Å². The topological polar surface area (TPSA) is 207 Å². The molecule has 1 aromatic heterocycles. The van der Waals surface area contributed by atoms with Crippen LogP contribution in [0, 0.1) is 6.92 Å². The lowest BCUT2D eigenvalue weighted by atomic mass is 10.2. The molecule has 15 heteroatoms. The number of aliphatic hydroxyl groups is 1. The van der Waals surface area contributed by atoms with Crippen LogP contribution in [0.1, 0.15) is 32.1 Å². The molecule has 0 spiro atoms. The summed E-state index contributed by atoms with van der Waals surface area (Å²) in [4.78, 5) is 51.8. The van der Waals surface area contributed by atoms with Gasteiger partial charge in [0.1, 0.15) is 18.9 Å². The number of aromatic amines is 1. The van der Waals surface area contributed by atoms with Crippen LogP contribution in [0.2, 0.25) is 0 Å². The Bertz CT molecular complexity index is 891. The first-order valence-electron chi connectivity index (χ1n) is 9.76. The molecule has 0 radical (unpaired) electrons. The highest BCUT2D eigenvalue weighted by molar-refractivity contribution is 7.46. The number of ether oxygens (including phenoxy) is 3. The maximum atomic E-state index is 11.7. The minimum Gasteiger partial charge on any atom is -0.450 e. The molecule has 0 bridgehead atoms. The van der Waals surface area contributed by atoms with Gasteiger partial charge in [-0.3, -0.25) is 18.9 Å². The van der Waals surface area contributed by atoms with Gasteiger partial charge in [0.2, 0.25) is 0 Å². The van der Waals surface area contributed by atoms with E-state index in [0.29, 0.717) is 5.56 Å². The molecule has 2 heterocycles. The summed E-state index contributed by atoms with van der Waals surface area (Å²) in [5.74, 6) is 0. The molecule has 33 heavy (non-hydrogen) atoms. The van der Waals surface area contributed by atoms with E-state index in [9.17, 15) is 24.1 Å². The molecule has 3 atom stereocenters. The second-order valence-electron chi connectivity index (χ2n) is 6.34. The van der Waals surface area contributed by atoms with E-state index in [1.165, 1.54) is 19.2 Å². The normalized spacial score (nSPS) is 19.5. The third-order valence-electron chi connectivity index (χ3n) is 3.80. The number of carbonyl (C=O) groups is 1. The average molecular weight is 498 g/mol. The molecule has 190 valence electrons. The second-order valence-corrected chi connectivity index (χ2v) is 7.58. The van der Waals surface area contributed by atoms with Gasteiger partial charge in [0.15, 0.2) is 0 Å². The van der Waals surface area contributed by atoms with Crippen LogP contribution < -0.4 is 11.2 Å². The summed E-state index contributed by atoms with van der Waals surface area (Å²) in [7, 11) is -4.67. The molecule has 0 aromatic carbocycles.